The van der Waals surface area contributed by atoms with Crippen LogP contribution in [0.5, 0.6) is 5.75 Å². The largest absolute Gasteiger partial charge is 0.508 e. The van der Waals surface area contributed by atoms with Gasteiger partial charge < -0.3 is 10.4 Å². The summed E-state index contributed by atoms with van der Waals surface area (Å²) in [7, 11) is 0. The van der Waals surface area contributed by atoms with Crippen molar-refractivity contribution >= 4 is 38.9 Å². The third-order valence-electron chi connectivity index (χ3n) is 2.67. The summed E-state index contributed by atoms with van der Waals surface area (Å²) in [5, 5.41) is 23.9. The standard InChI is InChI=1S/C13H10BrClN2O3/c14-11-6-10(17(19)20)2-3-12(11)16-7-8-5-9(15)1-4-13(8)18/h1-6,16,18H,7H2. The lowest BCUT2D eigenvalue weighted by Gasteiger charge is -2.10. The Hall–Kier alpha value is -1.79. The number of hydrogen-bond donors (Lipinski definition) is 2. The van der Waals surface area contributed by atoms with Gasteiger partial charge in [-0.1, -0.05) is 11.6 Å². The molecule has 0 aliphatic rings. The fraction of sp³-hybridized carbons (Fsp3) is 0.0769. The third-order valence-corrected chi connectivity index (χ3v) is 3.57. The monoisotopic (exact) mass is 356 g/mol. The Kier molecular flexibility index (Phi) is 4.46. The normalized spacial score (nSPS) is 10.3. The highest BCUT2D eigenvalue weighted by atomic mass is 79.9. The van der Waals surface area contributed by atoms with E-state index in [0.717, 1.165) is 0 Å². The molecule has 2 aromatic rings. The van der Waals surface area contributed by atoms with Gasteiger partial charge in [0.2, 0.25) is 0 Å². The molecule has 0 aliphatic heterocycles. The summed E-state index contributed by atoms with van der Waals surface area (Å²) >= 11 is 9.13. The molecule has 104 valence electrons. The number of nitro benzene ring substituents is 1. The zero-order valence-electron chi connectivity index (χ0n) is 10.1. The highest BCUT2D eigenvalue weighted by Crippen LogP contribution is 2.28. The van der Waals surface area contributed by atoms with Crippen LogP contribution in [0.3, 0.4) is 0 Å². The first kappa shape index (κ1) is 14.6. The van der Waals surface area contributed by atoms with E-state index in [4.69, 9.17) is 11.6 Å². The number of nitro groups is 1. The van der Waals surface area contributed by atoms with Crippen LogP contribution in [0.4, 0.5) is 11.4 Å². The molecule has 20 heavy (non-hydrogen) atoms. The molecular formula is C13H10BrClN2O3. The number of nitrogens with one attached hydrogen (secondary N) is 1. The summed E-state index contributed by atoms with van der Waals surface area (Å²) < 4.78 is 0.577. The summed E-state index contributed by atoms with van der Waals surface area (Å²) in [5.74, 6) is 0.139. The lowest BCUT2D eigenvalue weighted by molar-refractivity contribution is -0.384. The Labute approximate surface area is 128 Å². The topological polar surface area (TPSA) is 75.4 Å². The summed E-state index contributed by atoms with van der Waals surface area (Å²) in [5.41, 5.74) is 1.34. The number of benzene rings is 2. The number of aromatic hydroxyl groups is 1. The first-order valence-corrected chi connectivity index (χ1v) is 6.79. The van der Waals surface area contributed by atoms with Crippen LogP contribution in [0.25, 0.3) is 0 Å². The van der Waals surface area contributed by atoms with Gasteiger partial charge in [0.15, 0.2) is 0 Å². The number of phenols is 1. The van der Waals surface area contributed by atoms with Crippen molar-refractivity contribution in [1.29, 1.82) is 0 Å². The van der Waals surface area contributed by atoms with Crippen molar-refractivity contribution in [2.24, 2.45) is 0 Å². The number of phenolic OH excluding ortho intramolecular Hbond substituents is 1. The minimum absolute atomic E-state index is 0.00743. The highest BCUT2D eigenvalue weighted by molar-refractivity contribution is 9.10. The predicted molar refractivity (Wildman–Crippen MR) is 81.2 cm³/mol. The number of anilines is 1. The van der Waals surface area contributed by atoms with Crippen molar-refractivity contribution in [3.63, 3.8) is 0 Å². The number of halogens is 2. The number of nitrogens with zero attached hydrogens (tertiary/aromatic N) is 1. The fourth-order valence-electron chi connectivity index (χ4n) is 1.65. The number of rotatable bonds is 4. The Morgan fingerprint density at radius 1 is 1.30 bits per heavy atom. The van der Waals surface area contributed by atoms with Crippen molar-refractivity contribution in [2.45, 2.75) is 6.54 Å². The molecule has 0 aliphatic carbocycles. The molecule has 0 saturated heterocycles. The fourth-order valence-corrected chi connectivity index (χ4v) is 2.35. The van der Waals surface area contributed by atoms with Crippen LogP contribution in [0.15, 0.2) is 40.9 Å². The Bertz CT molecular complexity index is 664. The van der Waals surface area contributed by atoms with E-state index < -0.39 is 4.92 Å². The van der Waals surface area contributed by atoms with E-state index in [9.17, 15) is 15.2 Å². The molecule has 0 radical (unpaired) electrons. The van der Waals surface area contributed by atoms with E-state index in [1.807, 2.05) is 0 Å². The number of hydrogen-bond acceptors (Lipinski definition) is 4. The molecule has 0 amide bonds. The van der Waals surface area contributed by atoms with Crippen molar-refractivity contribution < 1.29 is 10.0 Å². The second-order valence-corrected chi connectivity index (χ2v) is 5.34. The van der Waals surface area contributed by atoms with Crippen molar-refractivity contribution in [3.8, 4) is 5.75 Å². The molecule has 2 rings (SSSR count). The van der Waals surface area contributed by atoms with Gasteiger partial charge in [0.25, 0.3) is 5.69 Å². The molecule has 0 unspecified atom stereocenters. The van der Waals surface area contributed by atoms with Crippen LogP contribution >= 0.6 is 27.5 Å². The van der Waals surface area contributed by atoms with Gasteiger partial charge in [0.1, 0.15) is 5.75 Å². The molecule has 0 fully saturated rings. The molecule has 0 aromatic heterocycles. The molecule has 0 saturated carbocycles. The van der Waals surface area contributed by atoms with Gasteiger partial charge >= 0.3 is 0 Å². The zero-order chi connectivity index (χ0) is 14.7. The lowest BCUT2D eigenvalue weighted by atomic mass is 10.2. The van der Waals surface area contributed by atoms with Crippen LogP contribution in [0.2, 0.25) is 5.02 Å². The van der Waals surface area contributed by atoms with Crippen LogP contribution in [0, 0.1) is 10.1 Å². The average molecular weight is 358 g/mol. The van der Waals surface area contributed by atoms with Gasteiger partial charge in [-0.05, 0) is 40.2 Å². The molecule has 0 bridgehead atoms. The van der Waals surface area contributed by atoms with E-state index >= 15 is 0 Å². The molecule has 0 heterocycles. The molecule has 0 spiro atoms. The van der Waals surface area contributed by atoms with Crippen molar-refractivity contribution in [2.75, 3.05) is 5.32 Å². The molecular weight excluding hydrogens is 348 g/mol. The highest BCUT2D eigenvalue weighted by Gasteiger charge is 2.09. The molecule has 2 N–H and O–H groups in total. The minimum atomic E-state index is -0.461. The van der Waals surface area contributed by atoms with Gasteiger partial charge in [-0.3, -0.25) is 10.1 Å². The number of non-ortho nitro benzene ring substituents is 1. The second kappa shape index (κ2) is 6.11. The second-order valence-electron chi connectivity index (χ2n) is 4.05. The maximum atomic E-state index is 10.6. The van der Waals surface area contributed by atoms with Crippen LogP contribution in [-0.2, 0) is 6.54 Å². The van der Waals surface area contributed by atoms with Crippen molar-refractivity contribution in [1.82, 2.24) is 0 Å². The Balaban J connectivity index is 2.15. The average Bonchev–Trinajstić information content (AvgIpc) is 2.40. The summed E-state index contributed by atoms with van der Waals surface area (Å²) in [6.45, 7) is 0.350. The van der Waals surface area contributed by atoms with Gasteiger partial charge in [-0.15, -0.1) is 0 Å². The molecule has 7 heteroatoms. The van der Waals surface area contributed by atoms with Gasteiger partial charge in [-0.2, -0.15) is 0 Å². The minimum Gasteiger partial charge on any atom is -0.508 e. The van der Waals surface area contributed by atoms with Gasteiger partial charge in [-0.25, -0.2) is 0 Å². The van der Waals surface area contributed by atoms with E-state index in [1.165, 1.54) is 18.2 Å². The van der Waals surface area contributed by atoms with Crippen molar-refractivity contribution in [3.05, 3.63) is 61.6 Å². The molecule has 0 atom stereocenters. The quantitative estimate of drug-likeness (QED) is 0.631. The van der Waals surface area contributed by atoms with Gasteiger partial charge in [0.05, 0.1) is 4.92 Å². The molecule has 2 aromatic carbocycles. The molecule has 5 nitrogen and oxygen atoms in total. The Morgan fingerprint density at radius 3 is 2.70 bits per heavy atom. The van der Waals surface area contributed by atoms with Gasteiger partial charge in [0, 0.05) is 39.4 Å². The van der Waals surface area contributed by atoms with E-state index in [0.29, 0.717) is 27.3 Å². The predicted octanol–water partition coefficient (Wildman–Crippen LogP) is 4.33. The van der Waals surface area contributed by atoms with E-state index in [1.54, 1.807) is 18.2 Å². The van der Waals surface area contributed by atoms with Crippen LogP contribution < -0.4 is 5.32 Å². The van der Waals surface area contributed by atoms with E-state index in [2.05, 4.69) is 21.2 Å². The third kappa shape index (κ3) is 3.40. The Morgan fingerprint density at radius 2 is 2.05 bits per heavy atom. The zero-order valence-corrected chi connectivity index (χ0v) is 12.5. The first-order valence-electron chi connectivity index (χ1n) is 5.62. The SMILES string of the molecule is O=[N+]([O-])c1ccc(NCc2cc(Cl)ccc2O)c(Br)c1. The summed E-state index contributed by atoms with van der Waals surface area (Å²) in [6.07, 6.45) is 0. The van der Waals surface area contributed by atoms with E-state index in [-0.39, 0.29) is 11.4 Å². The summed E-state index contributed by atoms with van der Waals surface area (Å²) in [4.78, 5) is 10.2. The smallest absolute Gasteiger partial charge is 0.270 e. The van der Waals surface area contributed by atoms with Crippen LogP contribution in [0.1, 0.15) is 5.56 Å². The lowest BCUT2D eigenvalue weighted by Crippen LogP contribution is -2.01. The maximum Gasteiger partial charge on any atom is 0.270 e. The summed E-state index contributed by atoms with van der Waals surface area (Å²) in [6, 6.07) is 9.20. The van der Waals surface area contributed by atoms with Crippen LogP contribution in [-0.4, -0.2) is 10.0 Å². The first-order chi connectivity index (χ1) is 9.47. The maximum absolute atomic E-state index is 10.6.